The first kappa shape index (κ1) is 17.0. The molecule has 8 nitrogen and oxygen atoms in total. The van der Waals surface area contributed by atoms with Gasteiger partial charge in [0.1, 0.15) is 13.2 Å². The van der Waals surface area contributed by atoms with E-state index in [2.05, 4.69) is 0 Å². The van der Waals surface area contributed by atoms with Gasteiger partial charge in [0.15, 0.2) is 11.5 Å². The van der Waals surface area contributed by atoms with Gasteiger partial charge in [0.2, 0.25) is 0 Å². The van der Waals surface area contributed by atoms with E-state index in [1.165, 1.54) is 36.4 Å². The summed E-state index contributed by atoms with van der Waals surface area (Å²) in [6.07, 6.45) is 0. The van der Waals surface area contributed by atoms with Gasteiger partial charge < -0.3 is 9.47 Å². The number of nitro benzene ring substituents is 1. The molecular weight excluding hydrogens is 348 g/mol. The van der Waals surface area contributed by atoms with Gasteiger partial charge in [0.05, 0.1) is 15.5 Å². The molecule has 0 unspecified atom stereocenters. The molecule has 132 valence electrons. The van der Waals surface area contributed by atoms with E-state index in [0.717, 1.165) is 4.31 Å². The lowest BCUT2D eigenvalue weighted by molar-refractivity contribution is -0.384. The van der Waals surface area contributed by atoms with Gasteiger partial charge in [0.25, 0.3) is 15.7 Å². The third kappa shape index (κ3) is 3.22. The average molecular weight is 364 g/mol. The molecule has 0 radical (unpaired) electrons. The molecule has 1 aliphatic rings. The van der Waals surface area contributed by atoms with Gasteiger partial charge >= 0.3 is 0 Å². The number of nitro groups is 1. The molecule has 0 aliphatic carbocycles. The Kier molecular flexibility index (Phi) is 4.49. The van der Waals surface area contributed by atoms with Crippen molar-refractivity contribution >= 4 is 21.4 Å². The average Bonchev–Trinajstić information content (AvgIpc) is 2.62. The van der Waals surface area contributed by atoms with Crippen LogP contribution in [0, 0.1) is 10.1 Å². The fourth-order valence-corrected chi connectivity index (χ4v) is 4.05. The highest BCUT2D eigenvalue weighted by Crippen LogP contribution is 2.34. The van der Waals surface area contributed by atoms with Crippen molar-refractivity contribution in [1.82, 2.24) is 0 Å². The number of sulfonamides is 1. The Bertz CT molecular complexity index is 913. The summed E-state index contributed by atoms with van der Waals surface area (Å²) in [6, 6.07) is 9.91. The summed E-state index contributed by atoms with van der Waals surface area (Å²) >= 11 is 0. The van der Waals surface area contributed by atoms with Gasteiger partial charge in [-0.25, -0.2) is 8.42 Å². The zero-order valence-corrected chi connectivity index (χ0v) is 14.2. The summed E-state index contributed by atoms with van der Waals surface area (Å²) in [5.41, 5.74) is 0.0555. The lowest BCUT2D eigenvalue weighted by atomic mass is 10.3. The van der Waals surface area contributed by atoms with Crippen LogP contribution in [0.5, 0.6) is 11.5 Å². The maximum atomic E-state index is 13.0. The molecule has 0 saturated heterocycles. The quantitative estimate of drug-likeness (QED) is 0.597. The van der Waals surface area contributed by atoms with Crippen molar-refractivity contribution in [1.29, 1.82) is 0 Å². The van der Waals surface area contributed by atoms with Crippen LogP contribution in [0.15, 0.2) is 47.4 Å². The highest BCUT2D eigenvalue weighted by atomic mass is 32.2. The van der Waals surface area contributed by atoms with Gasteiger partial charge in [-0.05, 0) is 25.1 Å². The smallest absolute Gasteiger partial charge is 0.271 e. The Labute approximate surface area is 144 Å². The number of benzene rings is 2. The summed E-state index contributed by atoms with van der Waals surface area (Å²) in [6.45, 7) is 2.54. The maximum absolute atomic E-state index is 13.0. The molecule has 0 bridgehead atoms. The highest BCUT2D eigenvalue weighted by molar-refractivity contribution is 7.92. The number of nitrogens with zero attached hydrogens (tertiary/aromatic N) is 2. The normalized spacial score (nSPS) is 13.3. The van der Waals surface area contributed by atoms with Crippen LogP contribution in [0.2, 0.25) is 0 Å². The molecule has 0 saturated carbocycles. The molecule has 1 aliphatic heterocycles. The van der Waals surface area contributed by atoms with Crippen molar-refractivity contribution in [2.75, 3.05) is 24.1 Å². The van der Waals surface area contributed by atoms with Crippen LogP contribution >= 0.6 is 0 Å². The Balaban J connectivity index is 2.02. The molecule has 0 fully saturated rings. The van der Waals surface area contributed by atoms with Crippen LogP contribution in [-0.4, -0.2) is 33.1 Å². The topological polar surface area (TPSA) is 99.0 Å². The minimum absolute atomic E-state index is 0.0325. The summed E-state index contributed by atoms with van der Waals surface area (Å²) in [4.78, 5) is 10.4. The monoisotopic (exact) mass is 364 g/mol. The van der Waals surface area contributed by atoms with E-state index in [4.69, 9.17) is 9.47 Å². The van der Waals surface area contributed by atoms with E-state index < -0.39 is 14.9 Å². The summed E-state index contributed by atoms with van der Waals surface area (Å²) in [5.74, 6) is 0.853. The highest BCUT2D eigenvalue weighted by Gasteiger charge is 2.26. The lowest BCUT2D eigenvalue weighted by Crippen LogP contribution is -2.31. The second-order valence-corrected chi connectivity index (χ2v) is 7.11. The van der Waals surface area contributed by atoms with Crippen molar-refractivity contribution in [3.63, 3.8) is 0 Å². The van der Waals surface area contributed by atoms with Crippen LogP contribution in [0.3, 0.4) is 0 Å². The van der Waals surface area contributed by atoms with Crippen LogP contribution in [0.4, 0.5) is 11.4 Å². The Hall–Kier alpha value is -2.81. The van der Waals surface area contributed by atoms with Gasteiger partial charge in [-0.1, -0.05) is 6.07 Å². The molecule has 2 aromatic rings. The minimum Gasteiger partial charge on any atom is -0.486 e. The second kappa shape index (κ2) is 6.60. The van der Waals surface area contributed by atoms with Crippen LogP contribution < -0.4 is 13.8 Å². The molecule has 2 aromatic carbocycles. The first-order valence-corrected chi connectivity index (χ1v) is 9.04. The van der Waals surface area contributed by atoms with Crippen molar-refractivity contribution < 1.29 is 22.8 Å². The summed E-state index contributed by atoms with van der Waals surface area (Å²) in [7, 11) is -3.90. The molecule has 0 aromatic heterocycles. The van der Waals surface area contributed by atoms with Crippen molar-refractivity contribution in [2.45, 2.75) is 11.8 Å². The minimum atomic E-state index is -3.90. The number of fused-ring (bicyclic) bond motifs is 1. The third-order valence-electron chi connectivity index (χ3n) is 3.72. The first-order chi connectivity index (χ1) is 11.9. The van der Waals surface area contributed by atoms with Crippen molar-refractivity contribution in [3.8, 4) is 11.5 Å². The van der Waals surface area contributed by atoms with Crippen LogP contribution in [0.25, 0.3) is 0 Å². The van der Waals surface area contributed by atoms with Crippen LogP contribution in [0.1, 0.15) is 6.92 Å². The van der Waals surface area contributed by atoms with E-state index in [9.17, 15) is 18.5 Å². The molecule has 9 heteroatoms. The van der Waals surface area contributed by atoms with Gasteiger partial charge in [-0.15, -0.1) is 0 Å². The van der Waals surface area contributed by atoms with E-state index in [1.807, 2.05) is 0 Å². The molecule has 1 heterocycles. The lowest BCUT2D eigenvalue weighted by Gasteiger charge is -2.24. The number of rotatable bonds is 5. The van der Waals surface area contributed by atoms with E-state index in [1.54, 1.807) is 13.0 Å². The van der Waals surface area contributed by atoms with E-state index in [0.29, 0.717) is 24.7 Å². The van der Waals surface area contributed by atoms with E-state index >= 15 is 0 Å². The molecule has 0 N–H and O–H groups in total. The molecule has 0 amide bonds. The predicted octanol–water partition coefficient (Wildman–Crippen LogP) is 2.58. The maximum Gasteiger partial charge on any atom is 0.271 e. The summed E-state index contributed by atoms with van der Waals surface area (Å²) in [5, 5.41) is 11.0. The van der Waals surface area contributed by atoms with Gasteiger partial charge in [-0.3, -0.25) is 14.4 Å². The zero-order chi connectivity index (χ0) is 18.0. The summed E-state index contributed by atoms with van der Waals surface area (Å²) < 4.78 is 37.9. The second-order valence-electron chi connectivity index (χ2n) is 5.25. The SMILES string of the molecule is CCN(c1cccc([N+](=O)[O-])c1)S(=O)(=O)c1ccc2c(c1)OCCO2. The largest absolute Gasteiger partial charge is 0.486 e. The molecule has 25 heavy (non-hydrogen) atoms. The first-order valence-electron chi connectivity index (χ1n) is 7.60. The molecule has 0 atom stereocenters. The fraction of sp³-hybridized carbons (Fsp3) is 0.250. The zero-order valence-electron chi connectivity index (χ0n) is 13.4. The molecule has 3 rings (SSSR count). The Morgan fingerprint density at radius 3 is 2.52 bits per heavy atom. The molecule has 0 spiro atoms. The van der Waals surface area contributed by atoms with Crippen LogP contribution in [-0.2, 0) is 10.0 Å². The van der Waals surface area contributed by atoms with Crippen molar-refractivity contribution in [3.05, 3.63) is 52.6 Å². The van der Waals surface area contributed by atoms with Crippen molar-refractivity contribution in [2.24, 2.45) is 0 Å². The van der Waals surface area contributed by atoms with Gasteiger partial charge in [-0.2, -0.15) is 0 Å². The van der Waals surface area contributed by atoms with Gasteiger partial charge in [0, 0.05) is 24.7 Å². The van der Waals surface area contributed by atoms with E-state index in [-0.39, 0.29) is 22.8 Å². The number of anilines is 1. The third-order valence-corrected chi connectivity index (χ3v) is 5.62. The number of hydrogen-bond acceptors (Lipinski definition) is 6. The fourth-order valence-electron chi connectivity index (χ4n) is 2.56. The number of ether oxygens (including phenoxy) is 2. The standard InChI is InChI=1S/C16H16N2O6S/c1-2-17(12-4-3-5-13(10-12)18(19)20)25(21,22)14-6-7-15-16(11-14)24-9-8-23-15/h3-7,10-11H,2,8-9H2,1H3. The molecular formula is C16H16N2O6S. The number of hydrogen-bond donors (Lipinski definition) is 0. The number of non-ortho nitro benzene ring substituents is 1. The Morgan fingerprint density at radius 2 is 1.84 bits per heavy atom. The predicted molar refractivity (Wildman–Crippen MR) is 90.7 cm³/mol. The Morgan fingerprint density at radius 1 is 1.12 bits per heavy atom.